The number of nitrogens with two attached hydrogens (primary N) is 1. The number of benzene rings is 2. The Labute approximate surface area is 225 Å². The van der Waals surface area contributed by atoms with Crippen LogP contribution >= 0.6 is 0 Å². The third-order valence-corrected chi connectivity index (χ3v) is 6.95. The number of para-hydroxylation sites is 1. The Morgan fingerprint density at radius 1 is 1.15 bits per heavy atom. The van der Waals surface area contributed by atoms with E-state index >= 15 is 0 Å². The predicted molar refractivity (Wildman–Crippen MR) is 149 cm³/mol. The number of nitrogens with zero attached hydrogens (tertiary/aromatic N) is 6. The second kappa shape index (κ2) is 10.9. The number of nitriles is 1. The highest BCUT2D eigenvalue weighted by molar-refractivity contribution is 5.77. The van der Waals surface area contributed by atoms with Crippen LogP contribution in [0.2, 0.25) is 0 Å². The Balaban J connectivity index is 1.82. The molecule has 0 unspecified atom stereocenters. The lowest BCUT2D eigenvalue weighted by molar-refractivity contribution is 0.414. The number of hydrogen-bond acceptors (Lipinski definition) is 7. The van der Waals surface area contributed by atoms with Gasteiger partial charge in [-0.2, -0.15) is 10.2 Å². The van der Waals surface area contributed by atoms with E-state index in [9.17, 15) is 14.9 Å². The Hall–Kier alpha value is -4.80. The molecule has 0 saturated carbocycles. The summed E-state index contributed by atoms with van der Waals surface area (Å²) < 4.78 is 9.63. The van der Waals surface area contributed by atoms with E-state index < -0.39 is 11.2 Å². The summed E-state index contributed by atoms with van der Waals surface area (Å²) >= 11 is 0. The van der Waals surface area contributed by atoms with Gasteiger partial charge in [-0.25, -0.2) is 9.36 Å². The molecule has 1 aliphatic heterocycles. The first-order valence-electron chi connectivity index (χ1n) is 12.8. The second-order valence-corrected chi connectivity index (χ2v) is 9.42. The Kier molecular flexibility index (Phi) is 7.22. The molecule has 1 fully saturated rings. The lowest BCUT2D eigenvalue weighted by Gasteiger charge is -2.31. The predicted octanol–water partition coefficient (Wildman–Crippen LogP) is 2.23. The number of fused-ring (bicyclic) bond motifs is 1. The van der Waals surface area contributed by atoms with E-state index in [-0.39, 0.29) is 30.3 Å². The molecular weight excluding hydrogens is 494 g/mol. The van der Waals surface area contributed by atoms with Crippen LogP contribution in [-0.2, 0) is 13.1 Å². The highest BCUT2D eigenvalue weighted by Gasteiger charge is 2.27. The topological polar surface area (TPSA) is 124 Å². The van der Waals surface area contributed by atoms with Crippen LogP contribution in [0.25, 0.3) is 16.9 Å². The van der Waals surface area contributed by atoms with Gasteiger partial charge >= 0.3 is 5.69 Å². The molecule has 2 aromatic heterocycles. The molecule has 1 atom stereocenters. The molecule has 0 bridgehead atoms. The molecular formula is C29H29N7O3. The maximum absolute atomic E-state index is 14.1. The van der Waals surface area contributed by atoms with E-state index in [4.69, 9.17) is 15.5 Å². The van der Waals surface area contributed by atoms with Crippen LogP contribution < -0.4 is 26.6 Å². The molecule has 4 aromatic rings. The van der Waals surface area contributed by atoms with E-state index in [1.165, 1.54) is 11.7 Å². The van der Waals surface area contributed by atoms with Crippen LogP contribution in [0.3, 0.4) is 0 Å². The van der Waals surface area contributed by atoms with E-state index in [0.717, 1.165) is 24.0 Å². The summed E-state index contributed by atoms with van der Waals surface area (Å²) in [5.41, 5.74) is 7.17. The van der Waals surface area contributed by atoms with Gasteiger partial charge in [-0.1, -0.05) is 30.2 Å². The molecule has 0 spiro atoms. The molecule has 0 aliphatic carbocycles. The van der Waals surface area contributed by atoms with Gasteiger partial charge in [0.1, 0.15) is 5.75 Å². The fourth-order valence-corrected chi connectivity index (χ4v) is 5.01. The van der Waals surface area contributed by atoms with Crippen LogP contribution in [-0.4, -0.2) is 44.9 Å². The maximum Gasteiger partial charge on any atom is 0.337 e. The molecule has 1 saturated heterocycles. The minimum absolute atomic E-state index is 0.0169. The van der Waals surface area contributed by atoms with E-state index in [1.807, 2.05) is 18.2 Å². The third kappa shape index (κ3) is 4.78. The smallest absolute Gasteiger partial charge is 0.337 e. The summed E-state index contributed by atoms with van der Waals surface area (Å²) in [5.74, 6) is 7.03. The summed E-state index contributed by atoms with van der Waals surface area (Å²) in [7, 11) is 1.51. The Bertz CT molecular complexity index is 1750. The largest absolute Gasteiger partial charge is 0.497 e. The lowest BCUT2D eigenvalue weighted by atomic mass is 10.1. The zero-order chi connectivity index (χ0) is 27.5. The van der Waals surface area contributed by atoms with Crippen LogP contribution in [0.1, 0.15) is 30.9 Å². The number of hydrogen-bond donors (Lipinski definition) is 1. The minimum Gasteiger partial charge on any atom is -0.497 e. The molecule has 39 heavy (non-hydrogen) atoms. The van der Waals surface area contributed by atoms with Gasteiger partial charge in [0, 0.05) is 19.1 Å². The standard InChI is InChI=1S/C29H29N7O3/c1-3-4-15-34-25-26(32-28(34)33-14-8-9-22(31)19-33)36(23-10-6-5-7-11-23)29(38)35(27(25)37)18-20-12-13-24(39-2)16-21(20)17-30/h5-7,10-13,16,22H,8-9,14-15,18-19,31H2,1-2H3/t22-/m1/s1. The van der Waals surface area contributed by atoms with Gasteiger partial charge in [0.15, 0.2) is 11.2 Å². The molecule has 198 valence electrons. The maximum atomic E-state index is 14.1. The molecule has 2 N–H and O–H groups in total. The first-order valence-corrected chi connectivity index (χ1v) is 12.8. The molecule has 0 radical (unpaired) electrons. The van der Waals surface area contributed by atoms with Crippen LogP contribution in [0.5, 0.6) is 5.75 Å². The van der Waals surface area contributed by atoms with Crippen molar-refractivity contribution >= 4 is 17.1 Å². The molecule has 10 nitrogen and oxygen atoms in total. The number of ether oxygens (including phenoxy) is 1. The van der Waals surface area contributed by atoms with Gasteiger partial charge in [-0.3, -0.25) is 13.9 Å². The number of imidazole rings is 1. The molecule has 0 amide bonds. The van der Waals surface area contributed by atoms with Crippen molar-refractivity contribution in [3.63, 3.8) is 0 Å². The fourth-order valence-electron chi connectivity index (χ4n) is 5.01. The van der Waals surface area contributed by atoms with Gasteiger partial charge in [-0.15, -0.1) is 5.92 Å². The summed E-state index contributed by atoms with van der Waals surface area (Å²) in [6, 6.07) is 16.2. The van der Waals surface area contributed by atoms with Crippen molar-refractivity contribution in [2.24, 2.45) is 5.73 Å². The number of anilines is 1. The molecule has 1 aliphatic rings. The summed E-state index contributed by atoms with van der Waals surface area (Å²) in [6.45, 7) is 3.19. The van der Waals surface area contributed by atoms with Crippen molar-refractivity contribution in [1.82, 2.24) is 18.7 Å². The highest BCUT2D eigenvalue weighted by Crippen LogP contribution is 2.25. The number of rotatable bonds is 6. The monoisotopic (exact) mass is 523 g/mol. The van der Waals surface area contributed by atoms with Crippen molar-refractivity contribution < 1.29 is 4.74 Å². The number of aromatic nitrogens is 4. The Morgan fingerprint density at radius 2 is 1.95 bits per heavy atom. The lowest BCUT2D eigenvalue weighted by Crippen LogP contribution is -2.44. The molecule has 10 heteroatoms. The van der Waals surface area contributed by atoms with E-state index in [2.05, 4.69) is 22.8 Å². The van der Waals surface area contributed by atoms with Crippen LogP contribution in [0.4, 0.5) is 5.95 Å². The molecule has 3 heterocycles. The average molecular weight is 524 g/mol. The Morgan fingerprint density at radius 3 is 2.64 bits per heavy atom. The van der Waals surface area contributed by atoms with Gasteiger partial charge in [0.05, 0.1) is 37.5 Å². The van der Waals surface area contributed by atoms with Crippen molar-refractivity contribution in [3.05, 3.63) is 80.5 Å². The average Bonchev–Trinajstić information content (AvgIpc) is 3.34. The molecule has 5 rings (SSSR count). The first-order chi connectivity index (χ1) is 19.0. The van der Waals surface area contributed by atoms with Crippen molar-refractivity contribution in [2.75, 3.05) is 25.1 Å². The first kappa shape index (κ1) is 25.8. The SMILES string of the molecule is CC#CCn1c(N2CCC[C@@H](N)C2)nc2c1c(=O)n(Cc1ccc(OC)cc1C#N)c(=O)n2-c1ccccc1. The summed E-state index contributed by atoms with van der Waals surface area (Å²) in [6.07, 6.45) is 1.81. The van der Waals surface area contributed by atoms with Crippen molar-refractivity contribution in [1.29, 1.82) is 5.26 Å². The summed E-state index contributed by atoms with van der Waals surface area (Å²) in [5, 5.41) is 9.75. The van der Waals surface area contributed by atoms with Crippen molar-refractivity contribution in [2.45, 2.75) is 38.9 Å². The van der Waals surface area contributed by atoms with Gasteiger partial charge in [0.2, 0.25) is 5.95 Å². The van der Waals surface area contributed by atoms with E-state index in [0.29, 0.717) is 35.1 Å². The fraction of sp³-hybridized carbons (Fsp3) is 0.310. The highest BCUT2D eigenvalue weighted by atomic mass is 16.5. The van der Waals surface area contributed by atoms with Crippen LogP contribution in [0.15, 0.2) is 58.1 Å². The zero-order valence-electron chi connectivity index (χ0n) is 21.9. The summed E-state index contributed by atoms with van der Waals surface area (Å²) in [4.78, 5) is 35.0. The second-order valence-electron chi connectivity index (χ2n) is 9.42. The zero-order valence-corrected chi connectivity index (χ0v) is 21.9. The van der Waals surface area contributed by atoms with Gasteiger partial charge in [0.25, 0.3) is 5.56 Å². The normalized spacial score (nSPS) is 15.0. The van der Waals surface area contributed by atoms with Gasteiger partial charge in [-0.05, 0) is 49.6 Å². The number of methoxy groups -OCH3 is 1. The van der Waals surface area contributed by atoms with Gasteiger partial charge < -0.3 is 15.4 Å². The van der Waals surface area contributed by atoms with Crippen molar-refractivity contribution in [3.8, 4) is 29.3 Å². The van der Waals surface area contributed by atoms with Crippen LogP contribution in [0, 0.1) is 23.2 Å². The quantitative estimate of drug-likeness (QED) is 0.384. The minimum atomic E-state index is -0.550. The number of piperidine rings is 1. The third-order valence-electron chi connectivity index (χ3n) is 6.95. The van der Waals surface area contributed by atoms with E-state index in [1.54, 1.807) is 41.8 Å². The molecule has 2 aromatic carbocycles.